The lowest BCUT2D eigenvalue weighted by Gasteiger charge is -2.12. The van der Waals surface area contributed by atoms with E-state index in [1.165, 1.54) is 0 Å². The predicted octanol–water partition coefficient (Wildman–Crippen LogP) is 3.73. The van der Waals surface area contributed by atoms with Crippen LogP contribution in [0.25, 0.3) is 0 Å². The Morgan fingerprint density at radius 3 is 2.50 bits per heavy atom. The van der Waals surface area contributed by atoms with E-state index < -0.39 is 0 Å². The number of nitrogens with one attached hydrogen (secondary N) is 1. The second-order valence-electron chi connectivity index (χ2n) is 4.80. The first kappa shape index (κ1) is 14.1. The van der Waals surface area contributed by atoms with Gasteiger partial charge in [0.05, 0.1) is 29.9 Å². The first-order chi connectivity index (χ1) is 9.76. The molecule has 0 spiro atoms. The summed E-state index contributed by atoms with van der Waals surface area (Å²) in [5, 5.41) is 16.7. The molecule has 0 saturated carbocycles. The number of nitrogens with zero attached hydrogens (tertiary/aromatic N) is 3. The third-order valence-electron chi connectivity index (χ3n) is 3.47. The molecular formula is C16H20N4. The van der Waals surface area contributed by atoms with Gasteiger partial charge in [-0.05, 0) is 43.2 Å². The maximum absolute atomic E-state index is 8.75. The summed E-state index contributed by atoms with van der Waals surface area (Å²) < 4.78 is 2.05. The maximum atomic E-state index is 8.75. The maximum Gasteiger partial charge on any atom is 0.0991 e. The van der Waals surface area contributed by atoms with E-state index in [-0.39, 0.29) is 0 Å². The summed E-state index contributed by atoms with van der Waals surface area (Å²) in [6.07, 6.45) is 4.24. The van der Waals surface area contributed by atoms with Crippen LogP contribution in [0.15, 0.2) is 36.5 Å². The quantitative estimate of drug-likeness (QED) is 0.868. The van der Waals surface area contributed by atoms with Gasteiger partial charge in [0.15, 0.2) is 0 Å². The minimum atomic E-state index is 0.485. The molecule has 2 aromatic rings. The van der Waals surface area contributed by atoms with Crippen molar-refractivity contribution in [3.63, 3.8) is 0 Å². The number of anilines is 1. The zero-order chi connectivity index (χ0) is 14.4. The van der Waals surface area contributed by atoms with E-state index in [2.05, 4.69) is 41.1 Å². The molecule has 0 amide bonds. The highest BCUT2D eigenvalue weighted by atomic mass is 15.3. The lowest BCUT2D eigenvalue weighted by molar-refractivity contribution is 0.426. The monoisotopic (exact) mass is 268 g/mol. The average Bonchev–Trinajstić information content (AvgIpc) is 2.96. The smallest absolute Gasteiger partial charge is 0.0991 e. The SMILES string of the molecule is CCC(CC)n1ccc(CNc2ccc(C#N)cc2)n1. The van der Waals surface area contributed by atoms with Gasteiger partial charge in [-0.15, -0.1) is 0 Å². The van der Waals surface area contributed by atoms with Crippen LogP contribution in [0.1, 0.15) is 44.0 Å². The molecule has 0 fully saturated rings. The van der Waals surface area contributed by atoms with Gasteiger partial charge in [-0.3, -0.25) is 4.68 Å². The Morgan fingerprint density at radius 2 is 1.90 bits per heavy atom. The molecule has 1 aromatic carbocycles. The molecule has 0 atom stereocenters. The van der Waals surface area contributed by atoms with Crippen LogP contribution in [0.2, 0.25) is 0 Å². The summed E-state index contributed by atoms with van der Waals surface area (Å²) in [6, 6.07) is 12.1. The predicted molar refractivity (Wildman–Crippen MR) is 80.3 cm³/mol. The number of aromatic nitrogens is 2. The highest BCUT2D eigenvalue weighted by molar-refractivity contribution is 5.47. The first-order valence-corrected chi connectivity index (χ1v) is 7.04. The average molecular weight is 268 g/mol. The molecule has 4 nitrogen and oxygen atoms in total. The van der Waals surface area contributed by atoms with Crippen molar-refractivity contribution in [2.75, 3.05) is 5.32 Å². The van der Waals surface area contributed by atoms with Crippen LogP contribution in [0, 0.1) is 11.3 Å². The zero-order valence-electron chi connectivity index (χ0n) is 12.0. The molecule has 0 saturated heterocycles. The molecule has 0 radical (unpaired) electrons. The third kappa shape index (κ3) is 3.39. The fourth-order valence-corrected chi connectivity index (χ4v) is 2.19. The number of hydrogen-bond donors (Lipinski definition) is 1. The topological polar surface area (TPSA) is 53.6 Å². The Kier molecular flexibility index (Phi) is 4.78. The third-order valence-corrected chi connectivity index (χ3v) is 3.47. The Labute approximate surface area is 120 Å². The number of nitriles is 1. The number of hydrogen-bond acceptors (Lipinski definition) is 3. The number of benzene rings is 1. The van der Waals surface area contributed by atoms with Gasteiger partial charge in [0, 0.05) is 11.9 Å². The lowest BCUT2D eigenvalue weighted by atomic mass is 10.2. The second-order valence-corrected chi connectivity index (χ2v) is 4.80. The van der Waals surface area contributed by atoms with E-state index in [0.717, 1.165) is 24.2 Å². The molecule has 0 aliphatic heterocycles. The van der Waals surface area contributed by atoms with E-state index in [9.17, 15) is 0 Å². The van der Waals surface area contributed by atoms with Crippen molar-refractivity contribution in [2.24, 2.45) is 0 Å². The van der Waals surface area contributed by atoms with Crippen molar-refractivity contribution < 1.29 is 0 Å². The van der Waals surface area contributed by atoms with Crippen LogP contribution in [-0.2, 0) is 6.54 Å². The molecule has 1 aromatic heterocycles. The zero-order valence-corrected chi connectivity index (χ0v) is 12.0. The fourth-order valence-electron chi connectivity index (χ4n) is 2.19. The minimum absolute atomic E-state index is 0.485. The van der Waals surface area contributed by atoms with Gasteiger partial charge >= 0.3 is 0 Å². The molecule has 2 rings (SSSR count). The van der Waals surface area contributed by atoms with Gasteiger partial charge in [-0.25, -0.2) is 0 Å². The van der Waals surface area contributed by atoms with Crippen molar-refractivity contribution in [3.8, 4) is 6.07 Å². The summed E-state index contributed by atoms with van der Waals surface area (Å²) >= 11 is 0. The lowest BCUT2D eigenvalue weighted by Crippen LogP contribution is -2.08. The molecule has 0 bridgehead atoms. The molecule has 104 valence electrons. The summed E-state index contributed by atoms with van der Waals surface area (Å²) in [4.78, 5) is 0. The Hall–Kier alpha value is -2.28. The van der Waals surface area contributed by atoms with Gasteiger partial charge in [-0.2, -0.15) is 10.4 Å². The molecule has 0 aliphatic carbocycles. The van der Waals surface area contributed by atoms with E-state index in [4.69, 9.17) is 5.26 Å². The van der Waals surface area contributed by atoms with Gasteiger partial charge in [0.1, 0.15) is 0 Å². The van der Waals surface area contributed by atoms with Crippen molar-refractivity contribution in [3.05, 3.63) is 47.8 Å². The van der Waals surface area contributed by atoms with Gasteiger partial charge in [0.25, 0.3) is 0 Å². The largest absolute Gasteiger partial charge is 0.379 e. The highest BCUT2D eigenvalue weighted by Gasteiger charge is 2.07. The molecule has 1 heterocycles. The molecule has 0 aliphatic rings. The number of rotatable bonds is 6. The van der Waals surface area contributed by atoms with Gasteiger partial charge in [0.2, 0.25) is 0 Å². The standard InChI is InChI=1S/C16H20N4/c1-3-16(4-2)20-10-9-15(19-20)12-18-14-7-5-13(11-17)6-8-14/h5-10,16,18H,3-4,12H2,1-2H3. The Morgan fingerprint density at radius 1 is 1.20 bits per heavy atom. The summed E-state index contributed by atoms with van der Waals surface area (Å²) in [6.45, 7) is 5.06. The Bertz CT molecular complexity index is 573. The molecule has 1 N–H and O–H groups in total. The molecular weight excluding hydrogens is 248 g/mol. The minimum Gasteiger partial charge on any atom is -0.379 e. The van der Waals surface area contributed by atoms with Crippen LogP contribution < -0.4 is 5.32 Å². The molecule has 20 heavy (non-hydrogen) atoms. The van der Waals surface area contributed by atoms with E-state index >= 15 is 0 Å². The Balaban J connectivity index is 1.95. The normalized spacial score (nSPS) is 10.5. The molecule has 0 unspecified atom stereocenters. The van der Waals surface area contributed by atoms with E-state index in [1.807, 2.05) is 30.5 Å². The van der Waals surface area contributed by atoms with Crippen molar-refractivity contribution in [1.29, 1.82) is 5.26 Å². The van der Waals surface area contributed by atoms with Crippen LogP contribution in [0.5, 0.6) is 0 Å². The van der Waals surface area contributed by atoms with Crippen molar-refractivity contribution in [2.45, 2.75) is 39.3 Å². The summed E-state index contributed by atoms with van der Waals surface area (Å²) in [7, 11) is 0. The molecule has 4 heteroatoms. The van der Waals surface area contributed by atoms with Crippen LogP contribution >= 0.6 is 0 Å². The van der Waals surface area contributed by atoms with Crippen molar-refractivity contribution in [1.82, 2.24) is 9.78 Å². The second kappa shape index (κ2) is 6.76. The van der Waals surface area contributed by atoms with Crippen LogP contribution in [0.3, 0.4) is 0 Å². The van der Waals surface area contributed by atoms with Gasteiger partial charge < -0.3 is 5.32 Å². The summed E-state index contributed by atoms with van der Waals surface area (Å²) in [5.41, 5.74) is 2.70. The van der Waals surface area contributed by atoms with Gasteiger partial charge in [-0.1, -0.05) is 13.8 Å². The fraction of sp³-hybridized carbons (Fsp3) is 0.375. The summed E-state index contributed by atoms with van der Waals surface area (Å²) in [5.74, 6) is 0. The van der Waals surface area contributed by atoms with E-state index in [0.29, 0.717) is 18.2 Å². The highest BCUT2D eigenvalue weighted by Crippen LogP contribution is 2.15. The van der Waals surface area contributed by atoms with Crippen molar-refractivity contribution >= 4 is 5.69 Å². The van der Waals surface area contributed by atoms with Crippen LogP contribution in [0.4, 0.5) is 5.69 Å². The first-order valence-electron chi connectivity index (χ1n) is 7.04. The van der Waals surface area contributed by atoms with Crippen LogP contribution in [-0.4, -0.2) is 9.78 Å². The van der Waals surface area contributed by atoms with E-state index in [1.54, 1.807) is 0 Å².